The van der Waals surface area contributed by atoms with Gasteiger partial charge in [-0.3, -0.25) is 25.2 Å². The summed E-state index contributed by atoms with van der Waals surface area (Å²) in [5.74, 6) is 0.811. The van der Waals surface area contributed by atoms with Crippen LogP contribution in [0.1, 0.15) is 47.0 Å². The van der Waals surface area contributed by atoms with Crippen molar-refractivity contribution in [1.82, 2.24) is 25.4 Å². The Bertz CT molecular complexity index is 1440. The summed E-state index contributed by atoms with van der Waals surface area (Å²) in [4.78, 5) is 38.0. The predicted molar refractivity (Wildman–Crippen MR) is 131 cm³/mol. The van der Waals surface area contributed by atoms with Crippen molar-refractivity contribution < 1.29 is 18.0 Å². The minimum atomic E-state index is -3.79. The second-order valence-corrected chi connectivity index (χ2v) is 9.36. The highest BCUT2D eigenvalue weighted by Crippen LogP contribution is 2.14. The number of unbranched alkanes of at least 4 members (excludes halogenated alkanes) is 2. The highest BCUT2D eigenvalue weighted by atomic mass is 32.2. The summed E-state index contributed by atoms with van der Waals surface area (Å²) >= 11 is 0. The molecule has 182 valence electrons. The van der Waals surface area contributed by atoms with Gasteiger partial charge in [0.15, 0.2) is 5.69 Å². The Hall–Kier alpha value is -4.01. The molecule has 1 heterocycles. The van der Waals surface area contributed by atoms with Crippen LogP contribution in [0.5, 0.6) is 0 Å². The van der Waals surface area contributed by atoms with Gasteiger partial charge in [0.1, 0.15) is 0 Å². The highest BCUT2D eigenvalue weighted by Gasteiger charge is 2.18. The smallest absolute Gasteiger partial charge is 0.267 e. The van der Waals surface area contributed by atoms with Gasteiger partial charge in [-0.25, -0.2) is 13.1 Å². The largest absolute Gasteiger partial charge is 0.290 e. The van der Waals surface area contributed by atoms with Gasteiger partial charge in [0, 0.05) is 17.5 Å². The van der Waals surface area contributed by atoms with Gasteiger partial charge >= 0.3 is 0 Å². The molecule has 1 aromatic heterocycles. The van der Waals surface area contributed by atoms with Gasteiger partial charge in [0.05, 0.1) is 16.8 Å². The van der Waals surface area contributed by atoms with Crippen LogP contribution in [0.25, 0.3) is 10.8 Å². The predicted octanol–water partition coefficient (Wildman–Crippen LogP) is 1.57. The number of benzene rings is 2. The fraction of sp³-hybridized carbons (Fsp3) is 0.250. The number of rotatable bonds is 9. The minimum absolute atomic E-state index is 0.00183. The van der Waals surface area contributed by atoms with Crippen molar-refractivity contribution in [1.29, 1.82) is 0 Å². The Kier molecular flexibility index (Phi) is 8.35. The molecule has 2 amide bonds. The van der Waals surface area contributed by atoms with Crippen molar-refractivity contribution in [2.75, 3.05) is 6.54 Å². The van der Waals surface area contributed by atoms with Crippen molar-refractivity contribution in [2.24, 2.45) is 0 Å². The van der Waals surface area contributed by atoms with E-state index in [1.165, 1.54) is 28.9 Å². The quantitative estimate of drug-likeness (QED) is 0.234. The molecule has 11 heteroatoms. The lowest BCUT2D eigenvalue weighted by Crippen LogP contribution is -2.42. The molecule has 0 aliphatic rings. The van der Waals surface area contributed by atoms with E-state index in [1.807, 2.05) is 6.92 Å². The van der Waals surface area contributed by atoms with Crippen molar-refractivity contribution in [3.8, 4) is 12.3 Å². The molecule has 0 spiro atoms. The Morgan fingerprint density at radius 3 is 2.31 bits per heavy atom. The normalized spacial score (nSPS) is 11.1. The van der Waals surface area contributed by atoms with Crippen molar-refractivity contribution >= 4 is 32.6 Å². The Balaban J connectivity index is 1.76. The Morgan fingerprint density at radius 2 is 1.66 bits per heavy atom. The second-order valence-electron chi connectivity index (χ2n) is 7.59. The summed E-state index contributed by atoms with van der Waals surface area (Å²) in [6, 6.07) is 11.7. The first-order valence-electron chi connectivity index (χ1n) is 10.9. The van der Waals surface area contributed by atoms with E-state index >= 15 is 0 Å². The molecule has 10 nitrogen and oxygen atoms in total. The van der Waals surface area contributed by atoms with Crippen molar-refractivity contribution in [3.63, 3.8) is 0 Å². The summed E-state index contributed by atoms with van der Waals surface area (Å²) in [5, 5.41) is 4.96. The average Bonchev–Trinajstić information content (AvgIpc) is 2.87. The zero-order valence-electron chi connectivity index (χ0n) is 19.1. The van der Waals surface area contributed by atoms with Crippen LogP contribution < -0.4 is 21.1 Å². The summed E-state index contributed by atoms with van der Waals surface area (Å²) < 4.78 is 27.7. The SMILES string of the molecule is C#CCNS(=O)(=O)c1ccc(C(=O)NNC(=O)c2nn(CCCCC)c(=O)c3ccccc23)cc1. The molecule has 0 aliphatic heterocycles. The van der Waals surface area contributed by atoms with Crippen molar-refractivity contribution in [2.45, 2.75) is 37.6 Å². The molecule has 2 aromatic carbocycles. The van der Waals surface area contributed by atoms with Crippen LogP contribution in [0.15, 0.2) is 58.2 Å². The fourth-order valence-corrected chi connectivity index (χ4v) is 4.25. The first kappa shape index (κ1) is 25.6. The molecule has 0 fully saturated rings. The van der Waals surface area contributed by atoms with E-state index in [0.717, 1.165) is 19.3 Å². The van der Waals surface area contributed by atoms with Gasteiger partial charge in [-0.2, -0.15) is 9.82 Å². The lowest BCUT2D eigenvalue weighted by atomic mass is 10.1. The van der Waals surface area contributed by atoms with Crippen LogP contribution in [0.3, 0.4) is 0 Å². The Labute approximate surface area is 202 Å². The maximum Gasteiger partial charge on any atom is 0.290 e. The number of nitrogens with one attached hydrogen (secondary N) is 3. The fourth-order valence-electron chi connectivity index (χ4n) is 3.32. The number of hydrazine groups is 1. The molecule has 0 radical (unpaired) electrons. The number of sulfonamides is 1. The van der Waals surface area contributed by atoms with Gasteiger partial charge in [-0.15, -0.1) is 6.42 Å². The molecule has 3 rings (SSSR count). The van der Waals surface area contributed by atoms with E-state index in [-0.39, 0.29) is 28.3 Å². The molecule has 0 atom stereocenters. The summed E-state index contributed by atoms with van der Waals surface area (Å²) in [6.07, 6.45) is 7.69. The van der Waals surface area contributed by atoms with Gasteiger partial charge in [0.25, 0.3) is 17.4 Å². The number of aromatic nitrogens is 2. The van der Waals surface area contributed by atoms with Crippen LogP contribution >= 0.6 is 0 Å². The number of aryl methyl sites for hydroxylation is 1. The van der Waals surface area contributed by atoms with Gasteiger partial charge in [0.2, 0.25) is 10.0 Å². The first-order chi connectivity index (χ1) is 16.8. The molecule has 0 saturated heterocycles. The number of hydrogen-bond acceptors (Lipinski definition) is 6. The third-order valence-electron chi connectivity index (χ3n) is 5.14. The van der Waals surface area contributed by atoms with Crippen LogP contribution in [0.2, 0.25) is 0 Å². The summed E-state index contributed by atoms with van der Waals surface area (Å²) in [7, 11) is -3.79. The number of carbonyl (C=O) groups is 2. The average molecular weight is 496 g/mol. The van der Waals surface area contributed by atoms with E-state index in [2.05, 4.69) is 26.6 Å². The van der Waals surface area contributed by atoms with E-state index in [0.29, 0.717) is 17.3 Å². The van der Waals surface area contributed by atoms with Gasteiger partial charge < -0.3 is 0 Å². The third kappa shape index (κ3) is 6.11. The zero-order valence-corrected chi connectivity index (χ0v) is 19.9. The van der Waals surface area contributed by atoms with E-state index < -0.39 is 21.8 Å². The molecular formula is C24H25N5O5S. The molecule has 0 bridgehead atoms. The summed E-state index contributed by atoms with van der Waals surface area (Å²) in [6.45, 7) is 2.25. The molecule has 0 saturated carbocycles. The lowest BCUT2D eigenvalue weighted by molar-refractivity contribution is 0.0843. The number of terminal acetylenes is 1. The standard InChI is InChI=1S/C24H25N5O5S/c1-3-5-8-16-29-24(32)20-10-7-6-9-19(20)21(28-29)23(31)27-26-22(30)17-11-13-18(14-12-17)35(33,34)25-15-4-2/h2,6-7,9-14,25H,3,5,8,15-16H2,1H3,(H,26,30)(H,27,31). The topological polar surface area (TPSA) is 139 Å². The zero-order chi connectivity index (χ0) is 25.4. The lowest BCUT2D eigenvalue weighted by Gasteiger charge is -2.12. The monoisotopic (exact) mass is 495 g/mol. The van der Waals surface area contributed by atoms with Crippen LogP contribution in [-0.2, 0) is 16.6 Å². The molecule has 35 heavy (non-hydrogen) atoms. The van der Waals surface area contributed by atoms with Crippen LogP contribution in [-0.4, -0.2) is 36.6 Å². The summed E-state index contributed by atoms with van der Waals surface area (Å²) in [5.41, 5.74) is 4.41. The van der Waals surface area contributed by atoms with E-state index in [4.69, 9.17) is 6.42 Å². The second kappa shape index (κ2) is 11.4. The molecule has 3 aromatic rings. The van der Waals surface area contributed by atoms with Gasteiger partial charge in [-0.1, -0.05) is 43.9 Å². The molecule has 3 N–H and O–H groups in total. The number of fused-ring (bicyclic) bond motifs is 1. The van der Waals surface area contributed by atoms with Gasteiger partial charge in [-0.05, 0) is 36.8 Å². The number of nitrogens with zero attached hydrogens (tertiary/aromatic N) is 2. The minimum Gasteiger partial charge on any atom is -0.267 e. The van der Waals surface area contributed by atoms with Crippen molar-refractivity contribution in [3.05, 3.63) is 70.1 Å². The number of carbonyl (C=O) groups excluding carboxylic acids is 2. The molecule has 0 unspecified atom stereocenters. The van der Waals surface area contributed by atoms with E-state index in [9.17, 15) is 22.8 Å². The number of amides is 2. The third-order valence-corrected chi connectivity index (χ3v) is 6.55. The molecule has 0 aliphatic carbocycles. The van der Waals surface area contributed by atoms with Crippen LogP contribution in [0.4, 0.5) is 0 Å². The van der Waals surface area contributed by atoms with Crippen LogP contribution in [0, 0.1) is 12.3 Å². The maximum absolute atomic E-state index is 12.9. The van der Waals surface area contributed by atoms with E-state index in [1.54, 1.807) is 24.3 Å². The highest BCUT2D eigenvalue weighted by molar-refractivity contribution is 7.89. The first-order valence-corrected chi connectivity index (χ1v) is 12.4. The number of hydrogen-bond donors (Lipinski definition) is 3. The Morgan fingerprint density at radius 1 is 1.00 bits per heavy atom. The molecular weight excluding hydrogens is 470 g/mol. The maximum atomic E-state index is 12.9.